The van der Waals surface area contributed by atoms with Gasteiger partial charge in [0.05, 0.1) is 6.61 Å². The number of hydrogen-bond acceptors (Lipinski definition) is 5. The molecule has 0 saturated carbocycles. The van der Waals surface area contributed by atoms with Crippen LogP contribution in [0.15, 0.2) is 0 Å². The van der Waals surface area contributed by atoms with Gasteiger partial charge in [-0.15, -0.1) is 0 Å². The number of ether oxygens (including phenoxy) is 3. The first-order valence-corrected chi connectivity index (χ1v) is 4.20. The van der Waals surface area contributed by atoms with Gasteiger partial charge in [-0.3, -0.25) is 0 Å². The molecular weight excluding hydrogens is 176 g/mol. The van der Waals surface area contributed by atoms with Crippen LogP contribution >= 0.6 is 0 Å². The second kappa shape index (κ2) is 2.67. The van der Waals surface area contributed by atoms with Crippen molar-refractivity contribution in [3.8, 4) is 0 Å². The molecule has 5 nitrogen and oxygen atoms in total. The zero-order chi connectivity index (χ0) is 9.64. The van der Waals surface area contributed by atoms with Gasteiger partial charge in [0, 0.05) is 0 Å². The summed E-state index contributed by atoms with van der Waals surface area (Å²) in [7, 11) is 0. The lowest BCUT2D eigenvalue weighted by atomic mass is 10.1. The largest absolute Gasteiger partial charge is 0.455 e. The van der Waals surface area contributed by atoms with E-state index in [0.717, 1.165) is 0 Å². The summed E-state index contributed by atoms with van der Waals surface area (Å²) >= 11 is 0. The zero-order valence-electron chi connectivity index (χ0n) is 7.52. The number of hydrogen-bond donors (Lipinski definition) is 1. The summed E-state index contributed by atoms with van der Waals surface area (Å²) in [5.74, 6) is -1.21. The summed E-state index contributed by atoms with van der Waals surface area (Å²) in [5, 5.41) is 8.89. The van der Waals surface area contributed by atoms with Crippen LogP contribution in [0, 0.1) is 0 Å². The van der Waals surface area contributed by atoms with E-state index in [9.17, 15) is 4.79 Å². The zero-order valence-corrected chi connectivity index (χ0v) is 7.52. The number of carbonyl (C=O) groups excluding carboxylic acids is 1. The van der Waals surface area contributed by atoms with Gasteiger partial charge in [-0.1, -0.05) is 0 Å². The third kappa shape index (κ3) is 1.33. The standard InChI is InChI=1S/C8H12O5/c1-8(2)12-5-4(3-9)11-7(10)6(5)13-8/h4-6,9H,3H2,1-2H3/t4?,5-,6?/m1/s1. The van der Waals surface area contributed by atoms with E-state index in [1.54, 1.807) is 13.8 Å². The molecule has 1 N–H and O–H groups in total. The fourth-order valence-corrected chi connectivity index (χ4v) is 1.67. The molecule has 2 unspecified atom stereocenters. The first kappa shape index (κ1) is 8.93. The van der Waals surface area contributed by atoms with Gasteiger partial charge in [-0.25, -0.2) is 4.79 Å². The number of cyclic esters (lactones) is 1. The van der Waals surface area contributed by atoms with E-state index >= 15 is 0 Å². The molecule has 0 aromatic heterocycles. The predicted octanol–water partition coefficient (Wildman–Crippen LogP) is -0.576. The first-order valence-electron chi connectivity index (χ1n) is 4.20. The number of fused-ring (bicyclic) bond motifs is 1. The summed E-state index contributed by atoms with van der Waals surface area (Å²) in [6, 6.07) is 0. The topological polar surface area (TPSA) is 65.0 Å². The molecule has 0 amide bonds. The average molecular weight is 188 g/mol. The van der Waals surface area contributed by atoms with Crippen LogP contribution in [-0.2, 0) is 19.0 Å². The van der Waals surface area contributed by atoms with Crippen molar-refractivity contribution in [1.29, 1.82) is 0 Å². The van der Waals surface area contributed by atoms with Gasteiger partial charge in [0.2, 0.25) is 0 Å². The summed E-state index contributed by atoms with van der Waals surface area (Å²) < 4.78 is 15.6. The molecule has 3 atom stereocenters. The molecule has 0 aromatic rings. The van der Waals surface area contributed by atoms with Gasteiger partial charge in [-0.2, -0.15) is 0 Å². The van der Waals surface area contributed by atoms with Gasteiger partial charge >= 0.3 is 5.97 Å². The van der Waals surface area contributed by atoms with Crippen LogP contribution in [-0.4, -0.2) is 41.8 Å². The SMILES string of the molecule is CC1(C)OC2C(=O)OC(CO)[C@H]2O1. The second-order valence-corrected chi connectivity index (χ2v) is 3.68. The van der Waals surface area contributed by atoms with Crippen LogP contribution in [0.4, 0.5) is 0 Å². The van der Waals surface area contributed by atoms with Crippen molar-refractivity contribution in [2.75, 3.05) is 6.61 Å². The molecule has 2 aliphatic rings. The minimum atomic E-state index is -0.762. The van der Waals surface area contributed by atoms with Crippen molar-refractivity contribution < 1.29 is 24.1 Å². The molecule has 0 aromatic carbocycles. The fourth-order valence-electron chi connectivity index (χ4n) is 1.67. The van der Waals surface area contributed by atoms with Crippen molar-refractivity contribution in [2.24, 2.45) is 0 Å². The van der Waals surface area contributed by atoms with Crippen LogP contribution < -0.4 is 0 Å². The molecule has 2 heterocycles. The Labute approximate surface area is 75.6 Å². The molecule has 2 fully saturated rings. The Morgan fingerprint density at radius 2 is 2.15 bits per heavy atom. The average Bonchev–Trinajstić information content (AvgIpc) is 2.47. The van der Waals surface area contributed by atoms with Gasteiger partial charge in [0.15, 0.2) is 18.0 Å². The van der Waals surface area contributed by atoms with E-state index in [2.05, 4.69) is 0 Å². The van der Waals surface area contributed by atoms with Crippen molar-refractivity contribution >= 4 is 5.97 Å². The quantitative estimate of drug-likeness (QED) is 0.558. The Bertz CT molecular complexity index is 237. The second-order valence-electron chi connectivity index (χ2n) is 3.68. The Morgan fingerprint density at radius 3 is 2.77 bits per heavy atom. The minimum absolute atomic E-state index is 0.230. The van der Waals surface area contributed by atoms with E-state index in [1.165, 1.54) is 0 Å². The lowest BCUT2D eigenvalue weighted by Gasteiger charge is -2.20. The molecule has 0 spiro atoms. The van der Waals surface area contributed by atoms with Crippen molar-refractivity contribution in [1.82, 2.24) is 0 Å². The Morgan fingerprint density at radius 1 is 1.46 bits per heavy atom. The predicted molar refractivity (Wildman–Crippen MR) is 40.8 cm³/mol. The monoisotopic (exact) mass is 188 g/mol. The van der Waals surface area contributed by atoms with Gasteiger partial charge in [0.25, 0.3) is 0 Å². The van der Waals surface area contributed by atoms with Crippen LogP contribution in [0.5, 0.6) is 0 Å². The molecule has 5 heteroatoms. The normalized spacial score (nSPS) is 41.8. The fraction of sp³-hybridized carbons (Fsp3) is 0.875. The highest BCUT2D eigenvalue weighted by molar-refractivity contribution is 5.78. The minimum Gasteiger partial charge on any atom is -0.455 e. The summed E-state index contributed by atoms with van der Waals surface area (Å²) in [5.41, 5.74) is 0. The molecule has 74 valence electrons. The van der Waals surface area contributed by atoms with Gasteiger partial charge < -0.3 is 19.3 Å². The summed E-state index contributed by atoms with van der Waals surface area (Å²) in [4.78, 5) is 11.2. The highest BCUT2D eigenvalue weighted by Gasteiger charge is 2.55. The van der Waals surface area contributed by atoms with Crippen molar-refractivity contribution in [3.05, 3.63) is 0 Å². The highest BCUT2D eigenvalue weighted by atomic mass is 16.8. The Kier molecular flexibility index (Phi) is 1.83. The smallest absolute Gasteiger partial charge is 0.338 e. The maximum absolute atomic E-state index is 11.2. The lowest BCUT2D eigenvalue weighted by Crippen LogP contribution is -2.31. The van der Waals surface area contributed by atoms with Crippen LogP contribution in [0.25, 0.3) is 0 Å². The first-order chi connectivity index (χ1) is 6.03. The number of aliphatic hydroxyl groups is 1. The molecule has 0 radical (unpaired) electrons. The summed E-state index contributed by atoms with van der Waals surface area (Å²) in [6.07, 6.45) is -1.72. The maximum Gasteiger partial charge on any atom is 0.338 e. The van der Waals surface area contributed by atoms with Gasteiger partial charge in [-0.05, 0) is 13.8 Å². The molecule has 0 aliphatic carbocycles. The van der Waals surface area contributed by atoms with Crippen LogP contribution in [0.3, 0.4) is 0 Å². The third-order valence-corrected chi connectivity index (χ3v) is 2.18. The van der Waals surface area contributed by atoms with Crippen molar-refractivity contribution in [3.63, 3.8) is 0 Å². The molecular formula is C8H12O5. The van der Waals surface area contributed by atoms with E-state index in [-0.39, 0.29) is 6.61 Å². The number of rotatable bonds is 1. The Hall–Kier alpha value is -0.650. The molecule has 0 bridgehead atoms. The van der Waals surface area contributed by atoms with E-state index in [0.29, 0.717) is 0 Å². The maximum atomic E-state index is 11.2. The molecule has 2 saturated heterocycles. The number of carbonyl (C=O) groups is 1. The van der Waals surface area contributed by atoms with Crippen LogP contribution in [0.1, 0.15) is 13.8 Å². The van der Waals surface area contributed by atoms with Gasteiger partial charge in [0.1, 0.15) is 6.10 Å². The van der Waals surface area contributed by atoms with E-state index in [4.69, 9.17) is 19.3 Å². The molecule has 2 rings (SSSR count). The van der Waals surface area contributed by atoms with E-state index in [1.807, 2.05) is 0 Å². The van der Waals surface area contributed by atoms with Crippen LogP contribution in [0.2, 0.25) is 0 Å². The summed E-state index contributed by atoms with van der Waals surface area (Å²) in [6.45, 7) is 3.23. The van der Waals surface area contributed by atoms with Crippen molar-refractivity contribution in [2.45, 2.75) is 37.9 Å². The van der Waals surface area contributed by atoms with E-state index < -0.39 is 30.1 Å². The lowest BCUT2D eigenvalue weighted by molar-refractivity contribution is -0.188. The molecule has 2 aliphatic heterocycles. The molecule has 13 heavy (non-hydrogen) atoms. The third-order valence-electron chi connectivity index (χ3n) is 2.18. The number of esters is 1. The Balaban J connectivity index is 2.17. The number of aliphatic hydroxyl groups excluding tert-OH is 1. The highest BCUT2D eigenvalue weighted by Crippen LogP contribution is 2.35.